The maximum atomic E-state index is 11.6. The van der Waals surface area contributed by atoms with E-state index >= 15 is 0 Å². The fraction of sp³-hybridized carbons (Fsp3) is 0.500. The Hall–Kier alpha value is -1.71. The van der Waals surface area contributed by atoms with E-state index in [9.17, 15) is 4.79 Å². The third kappa shape index (κ3) is 2.75. The number of hydrogen-bond donors (Lipinski definition) is 1. The Morgan fingerprint density at radius 3 is 2.44 bits per heavy atom. The summed E-state index contributed by atoms with van der Waals surface area (Å²) >= 11 is 0. The molecule has 0 saturated heterocycles. The van der Waals surface area contributed by atoms with E-state index in [1.54, 1.807) is 6.07 Å². The van der Waals surface area contributed by atoms with Crippen molar-refractivity contribution in [3.05, 3.63) is 23.8 Å². The van der Waals surface area contributed by atoms with E-state index in [0.29, 0.717) is 23.2 Å². The molecular weight excluding hydrogens is 228 g/mol. The van der Waals surface area contributed by atoms with Gasteiger partial charge in [0.2, 0.25) is 0 Å². The molecule has 0 saturated carbocycles. The summed E-state index contributed by atoms with van der Waals surface area (Å²) in [7, 11) is 3.34. The van der Waals surface area contributed by atoms with Gasteiger partial charge >= 0.3 is 5.97 Å². The predicted octanol–water partition coefficient (Wildman–Crippen LogP) is 2.54. The molecule has 2 N–H and O–H groups in total. The van der Waals surface area contributed by atoms with Gasteiger partial charge in [-0.1, -0.05) is 19.9 Å². The second-order valence-corrected chi connectivity index (χ2v) is 4.83. The van der Waals surface area contributed by atoms with Crippen LogP contribution in [0.15, 0.2) is 18.2 Å². The predicted molar refractivity (Wildman–Crippen MR) is 74.9 cm³/mol. The van der Waals surface area contributed by atoms with Crippen molar-refractivity contribution in [2.45, 2.75) is 26.8 Å². The van der Waals surface area contributed by atoms with Crippen LogP contribution in [0.4, 0.5) is 11.4 Å². The number of anilines is 2. The number of nitrogens with zero attached hydrogens (tertiary/aromatic N) is 1. The molecule has 0 aliphatic rings. The van der Waals surface area contributed by atoms with Gasteiger partial charge in [-0.05, 0) is 25.0 Å². The highest BCUT2D eigenvalue weighted by Crippen LogP contribution is 2.29. The SMILES string of the molecule is COC(=O)c1cccc(N(C)C(C)C(C)C)c1N. The summed E-state index contributed by atoms with van der Waals surface area (Å²) in [5.74, 6) is 0.0936. The Labute approximate surface area is 109 Å². The molecule has 4 heteroatoms. The van der Waals surface area contributed by atoms with Gasteiger partial charge in [0, 0.05) is 13.1 Å². The first kappa shape index (κ1) is 14.4. The van der Waals surface area contributed by atoms with Gasteiger partial charge in [-0.15, -0.1) is 0 Å². The Kier molecular flexibility index (Phi) is 4.59. The number of ether oxygens (including phenoxy) is 1. The second kappa shape index (κ2) is 5.76. The molecule has 0 aromatic heterocycles. The van der Waals surface area contributed by atoms with Crippen LogP contribution in [0.5, 0.6) is 0 Å². The second-order valence-electron chi connectivity index (χ2n) is 4.83. The monoisotopic (exact) mass is 250 g/mol. The fourth-order valence-electron chi connectivity index (χ4n) is 1.82. The minimum atomic E-state index is -0.403. The molecule has 1 rings (SSSR count). The van der Waals surface area contributed by atoms with E-state index < -0.39 is 5.97 Å². The first-order chi connectivity index (χ1) is 8.40. The van der Waals surface area contributed by atoms with Crippen molar-refractivity contribution in [1.82, 2.24) is 0 Å². The smallest absolute Gasteiger partial charge is 0.340 e. The molecule has 100 valence electrons. The molecule has 1 aromatic rings. The van der Waals surface area contributed by atoms with E-state index in [1.165, 1.54) is 7.11 Å². The molecule has 4 nitrogen and oxygen atoms in total. The van der Waals surface area contributed by atoms with Crippen LogP contribution >= 0.6 is 0 Å². The minimum Gasteiger partial charge on any atom is -0.465 e. The first-order valence-corrected chi connectivity index (χ1v) is 6.09. The Bertz CT molecular complexity index is 430. The van der Waals surface area contributed by atoms with Gasteiger partial charge < -0.3 is 15.4 Å². The molecule has 0 aliphatic heterocycles. The molecule has 0 heterocycles. The molecule has 1 unspecified atom stereocenters. The lowest BCUT2D eigenvalue weighted by Crippen LogP contribution is -2.33. The number of esters is 1. The highest BCUT2D eigenvalue weighted by molar-refractivity contribution is 5.98. The number of rotatable bonds is 4. The minimum absolute atomic E-state index is 0.334. The highest BCUT2D eigenvalue weighted by atomic mass is 16.5. The molecule has 0 aliphatic carbocycles. The largest absolute Gasteiger partial charge is 0.465 e. The molecule has 0 amide bonds. The van der Waals surface area contributed by atoms with Crippen molar-refractivity contribution in [3.63, 3.8) is 0 Å². The molecule has 0 fully saturated rings. The van der Waals surface area contributed by atoms with E-state index in [4.69, 9.17) is 10.5 Å². The summed E-state index contributed by atoms with van der Waals surface area (Å²) in [4.78, 5) is 13.7. The molecule has 0 radical (unpaired) electrons. The number of methoxy groups -OCH3 is 1. The normalized spacial score (nSPS) is 12.3. The number of carbonyl (C=O) groups excluding carboxylic acids is 1. The van der Waals surface area contributed by atoms with Crippen LogP contribution in [0.3, 0.4) is 0 Å². The summed E-state index contributed by atoms with van der Waals surface area (Å²) in [5, 5.41) is 0. The lowest BCUT2D eigenvalue weighted by Gasteiger charge is -2.31. The van der Waals surface area contributed by atoms with Crippen molar-refractivity contribution in [2.24, 2.45) is 5.92 Å². The Balaban J connectivity index is 3.14. The number of nitrogen functional groups attached to an aromatic ring is 1. The number of nitrogens with two attached hydrogens (primary N) is 1. The molecule has 1 atom stereocenters. The van der Waals surface area contributed by atoms with Crippen LogP contribution in [0.2, 0.25) is 0 Å². The van der Waals surface area contributed by atoms with Crippen molar-refractivity contribution in [1.29, 1.82) is 0 Å². The van der Waals surface area contributed by atoms with E-state index in [1.807, 2.05) is 19.2 Å². The van der Waals surface area contributed by atoms with Crippen molar-refractivity contribution in [3.8, 4) is 0 Å². The van der Waals surface area contributed by atoms with Crippen molar-refractivity contribution >= 4 is 17.3 Å². The maximum Gasteiger partial charge on any atom is 0.340 e. The van der Waals surface area contributed by atoms with Crippen molar-refractivity contribution in [2.75, 3.05) is 24.8 Å². The van der Waals surface area contributed by atoms with Gasteiger partial charge in [0.1, 0.15) is 0 Å². The van der Waals surface area contributed by atoms with Gasteiger partial charge in [0.25, 0.3) is 0 Å². The van der Waals surface area contributed by atoms with E-state index in [-0.39, 0.29) is 0 Å². The van der Waals surface area contributed by atoms with Gasteiger partial charge in [0.15, 0.2) is 0 Å². The Morgan fingerprint density at radius 2 is 1.94 bits per heavy atom. The summed E-state index contributed by atoms with van der Waals surface area (Å²) in [6, 6.07) is 5.75. The average molecular weight is 250 g/mol. The molecule has 0 bridgehead atoms. The third-order valence-corrected chi connectivity index (χ3v) is 3.44. The molecular formula is C14H22N2O2. The molecule has 18 heavy (non-hydrogen) atoms. The number of hydrogen-bond acceptors (Lipinski definition) is 4. The van der Waals surface area contributed by atoms with Crippen LogP contribution in [-0.2, 0) is 4.74 Å². The van der Waals surface area contributed by atoms with Crippen LogP contribution in [-0.4, -0.2) is 26.2 Å². The average Bonchev–Trinajstić information content (AvgIpc) is 2.36. The number of carbonyl (C=O) groups is 1. The van der Waals surface area contributed by atoms with Crippen LogP contribution in [0.25, 0.3) is 0 Å². The van der Waals surface area contributed by atoms with Crippen LogP contribution < -0.4 is 10.6 Å². The van der Waals surface area contributed by atoms with Gasteiger partial charge in [-0.25, -0.2) is 4.79 Å². The Morgan fingerprint density at radius 1 is 1.33 bits per heavy atom. The molecule has 1 aromatic carbocycles. The summed E-state index contributed by atoms with van der Waals surface area (Å²) < 4.78 is 4.72. The van der Waals surface area contributed by atoms with E-state index in [2.05, 4.69) is 25.7 Å². The maximum absolute atomic E-state index is 11.6. The zero-order valence-corrected chi connectivity index (χ0v) is 11.7. The highest BCUT2D eigenvalue weighted by Gasteiger charge is 2.19. The number of benzene rings is 1. The molecule has 0 spiro atoms. The first-order valence-electron chi connectivity index (χ1n) is 6.09. The summed E-state index contributed by atoms with van der Waals surface area (Å²) in [6.07, 6.45) is 0. The quantitative estimate of drug-likeness (QED) is 0.659. The van der Waals surface area contributed by atoms with Crippen LogP contribution in [0.1, 0.15) is 31.1 Å². The van der Waals surface area contributed by atoms with Gasteiger partial charge in [-0.2, -0.15) is 0 Å². The van der Waals surface area contributed by atoms with Crippen LogP contribution in [0, 0.1) is 5.92 Å². The summed E-state index contributed by atoms with van der Waals surface area (Å²) in [5.41, 5.74) is 7.80. The van der Waals surface area contributed by atoms with Gasteiger partial charge in [0.05, 0.1) is 24.0 Å². The fourth-order valence-corrected chi connectivity index (χ4v) is 1.82. The zero-order chi connectivity index (χ0) is 13.9. The van der Waals surface area contributed by atoms with Crippen molar-refractivity contribution < 1.29 is 9.53 Å². The topological polar surface area (TPSA) is 55.6 Å². The summed E-state index contributed by atoms with van der Waals surface area (Å²) in [6.45, 7) is 6.44. The van der Waals surface area contributed by atoms with Gasteiger partial charge in [-0.3, -0.25) is 0 Å². The third-order valence-electron chi connectivity index (χ3n) is 3.44. The van der Waals surface area contributed by atoms with E-state index in [0.717, 1.165) is 5.69 Å². The lowest BCUT2D eigenvalue weighted by molar-refractivity contribution is 0.0602. The standard InChI is InChI=1S/C14H22N2O2/c1-9(2)10(3)16(4)12-8-6-7-11(13(12)15)14(17)18-5/h6-10H,15H2,1-5H3. The lowest BCUT2D eigenvalue weighted by atomic mass is 10.0. The zero-order valence-electron chi connectivity index (χ0n) is 11.7. The number of para-hydroxylation sites is 1.